The Morgan fingerprint density at radius 3 is 2.62 bits per heavy atom. The molecule has 1 amide bonds. The van der Waals surface area contributed by atoms with Crippen LogP contribution in [0.5, 0.6) is 5.75 Å². The first-order valence-corrected chi connectivity index (χ1v) is 8.16. The van der Waals surface area contributed by atoms with E-state index in [1.807, 2.05) is 12.1 Å². The number of hydrogen-bond acceptors (Lipinski definition) is 4. The van der Waals surface area contributed by atoms with Crippen molar-refractivity contribution in [1.29, 1.82) is 10.5 Å². The molecule has 1 aromatic rings. The van der Waals surface area contributed by atoms with E-state index in [1.54, 1.807) is 30.3 Å². The number of ether oxygens (including phenoxy) is 1. The monoisotopic (exact) mass is 323 g/mol. The fourth-order valence-corrected chi connectivity index (χ4v) is 2.87. The topological polar surface area (TPSA) is 85.9 Å². The number of amides is 1. The van der Waals surface area contributed by atoms with Gasteiger partial charge < -0.3 is 10.1 Å². The van der Waals surface area contributed by atoms with Crippen LogP contribution >= 0.6 is 0 Å². The molecule has 2 atom stereocenters. The van der Waals surface area contributed by atoms with Crippen molar-refractivity contribution in [3.63, 3.8) is 0 Å². The lowest BCUT2D eigenvalue weighted by Crippen LogP contribution is -2.41. The van der Waals surface area contributed by atoms with Gasteiger partial charge in [-0.15, -0.1) is 0 Å². The summed E-state index contributed by atoms with van der Waals surface area (Å²) in [5, 5.41) is 20.8. The maximum Gasteiger partial charge on any atom is 0.262 e. The number of nitriles is 2. The molecule has 1 N–H and O–H groups in total. The second kappa shape index (κ2) is 8.74. The van der Waals surface area contributed by atoms with Crippen LogP contribution in [0, 0.1) is 28.6 Å². The number of nitrogens with one attached hydrogen (secondary N) is 1. The molecule has 5 nitrogen and oxygen atoms in total. The Morgan fingerprint density at radius 1 is 1.29 bits per heavy atom. The molecule has 124 valence electrons. The molecule has 0 heterocycles. The summed E-state index contributed by atoms with van der Waals surface area (Å²) in [7, 11) is 0. The van der Waals surface area contributed by atoms with Crippen molar-refractivity contribution in [2.75, 3.05) is 6.61 Å². The molecular formula is C19H21N3O2. The summed E-state index contributed by atoms with van der Waals surface area (Å²) in [5.74, 6) is 0.702. The number of benzene rings is 1. The molecule has 0 spiro atoms. The fraction of sp³-hybridized carbons (Fsp3) is 0.421. The highest BCUT2D eigenvalue weighted by Gasteiger charge is 2.23. The Bertz CT molecular complexity index is 680. The van der Waals surface area contributed by atoms with Crippen molar-refractivity contribution < 1.29 is 9.53 Å². The van der Waals surface area contributed by atoms with Gasteiger partial charge in [-0.3, -0.25) is 4.79 Å². The third kappa shape index (κ3) is 4.86. The van der Waals surface area contributed by atoms with Gasteiger partial charge in [-0.1, -0.05) is 31.9 Å². The predicted octanol–water partition coefficient (Wildman–Crippen LogP) is 3.19. The first kappa shape index (κ1) is 17.6. The Balaban J connectivity index is 2.04. The van der Waals surface area contributed by atoms with Crippen LogP contribution < -0.4 is 10.1 Å². The summed E-state index contributed by atoms with van der Waals surface area (Å²) in [6, 6.07) is 10.9. The Morgan fingerprint density at radius 2 is 2.00 bits per heavy atom. The first-order valence-electron chi connectivity index (χ1n) is 8.16. The average Bonchev–Trinajstić information content (AvgIpc) is 2.60. The molecule has 5 heteroatoms. The molecule has 1 aliphatic carbocycles. The van der Waals surface area contributed by atoms with Crippen molar-refractivity contribution in [2.24, 2.45) is 5.92 Å². The molecule has 1 saturated carbocycles. The van der Waals surface area contributed by atoms with Crippen molar-refractivity contribution in [2.45, 2.75) is 38.6 Å². The lowest BCUT2D eigenvalue weighted by atomic mass is 9.86. The normalized spacial score (nSPS) is 20.5. The number of carbonyl (C=O) groups is 1. The minimum Gasteiger partial charge on any atom is -0.479 e. The standard InChI is InChI=1S/C19H21N3O2/c1-14-4-2-3-5-18(14)22-19(23)16(13-21)12-15-6-8-17(9-7-15)24-11-10-20/h6-9,12,14,18H,2-5,11H2,1H3,(H,22,23)/b16-12+/t14-,18-/m1/s1. The Kier molecular flexibility index (Phi) is 6.40. The molecule has 2 rings (SSSR count). The molecule has 1 fully saturated rings. The molecule has 1 aromatic carbocycles. The van der Waals surface area contributed by atoms with Crippen LogP contribution in [0.4, 0.5) is 0 Å². The zero-order valence-corrected chi connectivity index (χ0v) is 13.8. The molecule has 24 heavy (non-hydrogen) atoms. The number of hydrogen-bond donors (Lipinski definition) is 1. The third-order valence-corrected chi connectivity index (χ3v) is 4.29. The summed E-state index contributed by atoms with van der Waals surface area (Å²) in [6.07, 6.45) is 5.97. The average molecular weight is 323 g/mol. The summed E-state index contributed by atoms with van der Waals surface area (Å²) < 4.78 is 5.18. The van der Waals surface area contributed by atoms with E-state index in [-0.39, 0.29) is 24.1 Å². The van der Waals surface area contributed by atoms with Crippen LogP contribution in [0.15, 0.2) is 29.8 Å². The third-order valence-electron chi connectivity index (χ3n) is 4.29. The Labute approximate surface area is 142 Å². The van der Waals surface area contributed by atoms with Gasteiger partial charge in [0, 0.05) is 6.04 Å². The fourth-order valence-electron chi connectivity index (χ4n) is 2.87. The molecule has 0 bridgehead atoms. The number of rotatable bonds is 5. The van der Waals surface area contributed by atoms with Crippen molar-refractivity contribution >= 4 is 12.0 Å². The van der Waals surface area contributed by atoms with E-state index in [2.05, 4.69) is 12.2 Å². The molecule has 0 unspecified atom stereocenters. The van der Waals surface area contributed by atoms with E-state index in [0.29, 0.717) is 11.7 Å². The van der Waals surface area contributed by atoms with Crippen molar-refractivity contribution in [3.8, 4) is 17.9 Å². The number of nitrogens with zero attached hydrogens (tertiary/aromatic N) is 2. The van der Waals surface area contributed by atoms with E-state index in [9.17, 15) is 10.1 Å². The predicted molar refractivity (Wildman–Crippen MR) is 90.7 cm³/mol. The summed E-state index contributed by atoms with van der Waals surface area (Å²) in [5.41, 5.74) is 0.834. The second-order valence-corrected chi connectivity index (χ2v) is 6.03. The minimum absolute atomic E-state index is 0.0133. The molecule has 1 aliphatic rings. The first-order chi connectivity index (χ1) is 11.6. The van der Waals surface area contributed by atoms with Crippen molar-refractivity contribution in [3.05, 3.63) is 35.4 Å². The van der Waals surface area contributed by atoms with E-state index in [4.69, 9.17) is 10.00 Å². The van der Waals surface area contributed by atoms with Gasteiger partial charge in [-0.25, -0.2) is 0 Å². The van der Waals surface area contributed by atoms with Gasteiger partial charge in [0.25, 0.3) is 5.91 Å². The van der Waals surface area contributed by atoms with Gasteiger partial charge in [-0.2, -0.15) is 10.5 Å². The van der Waals surface area contributed by atoms with E-state index >= 15 is 0 Å². The van der Waals surface area contributed by atoms with Crippen LogP contribution in [0.25, 0.3) is 6.08 Å². The highest BCUT2D eigenvalue weighted by molar-refractivity contribution is 6.01. The van der Waals surface area contributed by atoms with Gasteiger partial charge >= 0.3 is 0 Å². The van der Waals surface area contributed by atoms with Crippen LogP contribution in [0.1, 0.15) is 38.2 Å². The largest absolute Gasteiger partial charge is 0.479 e. The molecular weight excluding hydrogens is 302 g/mol. The maximum absolute atomic E-state index is 12.3. The minimum atomic E-state index is -0.318. The lowest BCUT2D eigenvalue weighted by Gasteiger charge is -2.29. The van der Waals surface area contributed by atoms with Gasteiger partial charge in [0.1, 0.15) is 23.5 Å². The highest BCUT2D eigenvalue weighted by Crippen LogP contribution is 2.24. The number of carbonyl (C=O) groups excluding carboxylic acids is 1. The van der Waals surface area contributed by atoms with Gasteiger partial charge in [0.2, 0.25) is 0 Å². The van der Waals surface area contributed by atoms with Gasteiger partial charge in [0.15, 0.2) is 6.61 Å². The van der Waals surface area contributed by atoms with Gasteiger partial charge in [0.05, 0.1) is 0 Å². The maximum atomic E-state index is 12.3. The molecule has 0 aliphatic heterocycles. The molecule has 0 aromatic heterocycles. The van der Waals surface area contributed by atoms with Gasteiger partial charge in [-0.05, 0) is 42.5 Å². The summed E-state index contributed by atoms with van der Waals surface area (Å²) in [6.45, 7) is 2.13. The van der Waals surface area contributed by atoms with E-state index < -0.39 is 0 Å². The summed E-state index contributed by atoms with van der Waals surface area (Å²) >= 11 is 0. The van der Waals surface area contributed by atoms with Crippen LogP contribution in [0.3, 0.4) is 0 Å². The summed E-state index contributed by atoms with van der Waals surface area (Å²) in [4.78, 5) is 12.3. The van der Waals surface area contributed by atoms with E-state index in [0.717, 1.165) is 24.8 Å². The smallest absolute Gasteiger partial charge is 0.262 e. The van der Waals surface area contributed by atoms with Crippen LogP contribution in [-0.2, 0) is 4.79 Å². The van der Waals surface area contributed by atoms with E-state index in [1.165, 1.54) is 6.42 Å². The zero-order valence-electron chi connectivity index (χ0n) is 13.8. The van der Waals surface area contributed by atoms with Crippen LogP contribution in [0.2, 0.25) is 0 Å². The SMILES string of the molecule is C[C@@H]1CCCC[C@H]1NC(=O)/C(C#N)=C/c1ccc(OCC#N)cc1. The molecule has 0 saturated heterocycles. The quantitative estimate of drug-likeness (QED) is 0.666. The molecule has 0 radical (unpaired) electrons. The lowest BCUT2D eigenvalue weighted by molar-refractivity contribution is -0.118. The highest BCUT2D eigenvalue weighted by atomic mass is 16.5. The van der Waals surface area contributed by atoms with Crippen molar-refractivity contribution in [1.82, 2.24) is 5.32 Å². The Hall–Kier alpha value is -2.79. The second-order valence-electron chi connectivity index (χ2n) is 6.03. The van der Waals surface area contributed by atoms with Crippen LogP contribution in [-0.4, -0.2) is 18.6 Å². The zero-order chi connectivity index (χ0) is 17.4.